The maximum absolute atomic E-state index is 12.7. The van der Waals surface area contributed by atoms with Crippen molar-refractivity contribution < 1.29 is 17.9 Å². The average molecular weight is 413 g/mol. The summed E-state index contributed by atoms with van der Waals surface area (Å²) < 4.78 is 31.7. The number of amides is 1. The van der Waals surface area contributed by atoms with E-state index in [-0.39, 0.29) is 10.8 Å². The summed E-state index contributed by atoms with van der Waals surface area (Å²) in [6.45, 7) is 2.47. The minimum absolute atomic E-state index is 0.142. The maximum atomic E-state index is 12.7. The first-order valence-electron chi connectivity index (χ1n) is 9.26. The second kappa shape index (κ2) is 8.63. The summed E-state index contributed by atoms with van der Waals surface area (Å²) in [6, 6.07) is 17.9. The molecule has 7 heteroatoms. The molecule has 0 bridgehead atoms. The fraction of sp³-hybridized carbons (Fsp3) is 0.227. The highest BCUT2D eigenvalue weighted by molar-refractivity contribution is 7.89. The summed E-state index contributed by atoms with van der Waals surface area (Å²) in [5.74, 6) is 0.629. The first-order valence-corrected chi connectivity index (χ1v) is 10.7. The summed E-state index contributed by atoms with van der Waals surface area (Å²) in [4.78, 5) is 14.5. The van der Waals surface area contributed by atoms with Crippen molar-refractivity contribution in [2.45, 2.75) is 18.4 Å². The van der Waals surface area contributed by atoms with E-state index >= 15 is 0 Å². The lowest BCUT2D eigenvalue weighted by atomic mass is 10.1. The summed E-state index contributed by atoms with van der Waals surface area (Å²) in [5.41, 5.74) is 1.44. The minimum Gasteiger partial charge on any atom is -0.497 e. The predicted octanol–water partition coefficient (Wildman–Crippen LogP) is 3.42. The molecule has 0 radical (unpaired) electrons. The second-order valence-corrected chi connectivity index (χ2v) is 8.50. The largest absolute Gasteiger partial charge is 0.497 e. The normalized spacial score (nSPS) is 11.4. The van der Waals surface area contributed by atoms with E-state index in [0.717, 1.165) is 22.1 Å². The molecular formula is C22H24N2O4S. The molecule has 0 saturated carbocycles. The van der Waals surface area contributed by atoms with Gasteiger partial charge in [0.1, 0.15) is 5.75 Å². The monoisotopic (exact) mass is 412 g/mol. The van der Waals surface area contributed by atoms with Crippen molar-refractivity contribution in [2.24, 2.45) is 0 Å². The number of nitrogens with one attached hydrogen (secondary N) is 1. The first kappa shape index (κ1) is 20.8. The Morgan fingerprint density at radius 3 is 2.31 bits per heavy atom. The molecule has 0 aliphatic carbocycles. The molecule has 3 aromatic rings. The van der Waals surface area contributed by atoms with Crippen molar-refractivity contribution in [3.05, 3.63) is 71.8 Å². The number of hydrogen-bond acceptors (Lipinski definition) is 4. The van der Waals surface area contributed by atoms with Gasteiger partial charge in [0.25, 0.3) is 5.91 Å². The number of fused-ring (bicyclic) bond motifs is 1. The molecule has 1 amide bonds. The zero-order valence-corrected chi connectivity index (χ0v) is 17.5. The van der Waals surface area contributed by atoms with Gasteiger partial charge in [0.05, 0.1) is 12.0 Å². The Hall–Kier alpha value is -2.90. The molecule has 3 aromatic carbocycles. The molecular weight excluding hydrogens is 388 g/mol. The third-order valence-electron chi connectivity index (χ3n) is 4.62. The van der Waals surface area contributed by atoms with Crippen molar-refractivity contribution in [3.8, 4) is 5.75 Å². The molecule has 0 aromatic heterocycles. The molecule has 1 N–H and O–H groups in total. The van der Waals surface area contributed by atoms with Gasteiger partial charge in [0.15, 0.2) is 0 Å². The number of hydrogen-bond donors (Lipinski definition) is 1. The molecule has 29 heavy (non-hydrogen) atoms. The van der Waals surface area contributed by atoms with Gasteiger partial charge in [-0.15, -0.1) is 0 Å². The zero-order chi connectivity index (χ0) is 21.0. The van der Waals surface area contributed by atoms with Crippen LogP contribution in [0, 0.1) is 0 Å². The molecule has 0 fully saturated rings. The molecule has 0 aliphatic heterocycles. The van der Waals surface area contributed by atoms with Gasteiger partial charge in [-0.3, -0.25) is 4.79 Å². The van der Waals surface area contributed by atoms with Gasteiger partial charge in [-0.05, 0) is 58.8 Å². The van der Waals surface area contributed by atoms with Gasteiger partial charge in [0, 0.05) is 25.7 Å². The van der Waals surface area contributed by atoms with Crippen LogP contribution < -0.4 is 9.46 Å². The van der Waals surface area contributed by atoms with Gasteiger partial charge >= 0.3 is 0 Å². The van der Waals surface area contributed by atoms with Crippen LogP contribution in [0.5, 0.6) is 5.75 Å². The van der Waals surface area contributed by atoms with E-state index in [0.29, 0.717) is 18.7 Å². The van der Waals surface area contributed by atoms with Crippen LogP contribution in [0.3, 0.4) is 0 Å². The fourth-order valence-electron chi connectivity index (χ4n) is 3.11. The number of sulfonamides is 1. The first-order chi connectivity index (χ1) is 13.8. The van der Waals surface area contributed by atoms with Crippen LogP contribution in [0.25, 0.3) is 10.8 Å². The topological polar surface area (TPSA) is 75.7 Å². The van der Waals surface area contributed by atoms with E-state index in [1.807, 2.05) is 36.4 Å². The number of ether oxygens (including phenoxy) is 1. The summed E-state index contributed by atoms with van der Waals surface area (Å²) in [6.07, 6.45) is 0. The molecule has 0 atom stereocenters. The lowest BCUT2D eigenvalue weighted by molar-refractivity contribution is 0.0785. The quantitative estimate of drug-likeness (QED) is 0.645. The van der Waals surface area contributed by atoms with Crippen LogP contribution >= 0.6 is 0 Å². The van der Waals surface area contributed by atoms with E-state index in [4.69, 9.17) is 4.74 Å². The SMILES string of the molecule is CCNS(=O)(=O)c1ccc(C(=O)N(C)Cc2ccc3cc(OC)ccc3c2)cc1. The fourth-order valence-corrected chi connectivity index (χ4v) is 4.16. The van der Waals surface area contributed by atoms with Crippen LogP contribution in [0.4, 0.5) is 0 Å². The highest BCUT2D eigenvalue weighted by Gasteiger charge is 2.16. The third kappa shape index (κ3) is 4.75. The summed E-state index contributed by atoms with van der Waals surface area (Å²) in [7, 11) is -0.168. The second-order valence-electron chi connectivity index (χ2n) is 6.73. The van der Waals surface area contributed by atoms with Gasteiger partial charge < -0.3 is 9.64 Å². The van der Waals surface area contributed by atoms with Gasteiger partial charge in [-0.2, -0.15) is 0 Å². The number of nitrogens with zero attached hydrogens (tertiary/aromatic N) is 1. The lowest BCUT2D eigenvalue weighted by Gasteiger charge is -2.18. The number of carbonyl (C=O) groups is 1. The molecule has 152 valence electrons. The van der Waals surface area contributed by atoms with E-state index in [2.05, 4.69) is 4.72 Å². The summed E-state index contributed by atoms with van der Waals surface area (Å²) >= 11 is 0. The van der Waals surface area contributed by atoms with Crippen LogP contribution in [0.15, 0.2) is 65.6 Å². The van der Waals surface area contributed by atoms with Gasteiger partial charge in [-0.25, -0.2) is 13.1 Å². The Balaban J connectivity index is 1.74. The zero-order valence-electron chi connectivity index (χ0n) is 16.7. The van der Waals surface area contributed by atoms with E-state index in [1.54, 1.807) is 26.0 Å². The van der Waals surface area contributed by atoms with E-state index < -0.39 is 10.0 Å². The van der Waals surface area contributed by atoms with Crippen LogP contribution in [-0.4, -0.2) is 39.9 Å². The molecule has 0 heterocycles. The summed E-state index contributed by atoms with van der Waals surface area (Å²) in [5, 5.41) is 2.14. The van der Waals surface area contributed by atoms with Crippen molar-refractivity contribution in [1.82, 2.24) is 9.62 Å². The Morgan fingerprint density at radius 1 is 1.00 bits per heavy atom. The maximum Gasteiger partial charge on any atom is 0.253 e. The highest BCUT2D eigenvalue weighted by Crippen LogP contribution is 2.22. The van der Waals surface area contributed by atoms with E-state index in [9.17, 15) is 13.2 Å². The van der Waals surface area contributed by atoms with Crippen molar-refractivity contribution in [1.29, 1.82) is 0 Å². The Morgan fingerprint density at radius 2 is 1.66 bits per heavy atom. The lowest BCUT2D eigenvalue weighted by Crippen LogP contribution is -2.26. The Bertz CT molecular complexity index is 1130. The van der Waals surface area contributed by atoms with Crippen molar-refractivity contribution in [3.63, 3.8) is 0 Å². The van der Waals surface area contributed by atoms with Gasteiger partial charge in [0.2, 0.25) is 10.0 Å². The minimum atomic E-state index is -3.53. The molecule has 6 nitrogen and oxygen atoms in total. The Labute approximate surface area is 171 Å². The molecule has 0 aliphatic rings. The standard InChI is InChI=1S/C22H24N2O4S/c1-4-23-29(26,27)21-11-8-17(9-12-21)22(25)24(2)15-16-5-6-19-14-20(28-3)10-7-18(19)13-16/h5-14,23H,4,15H2,1-3H3. The number of rotatable bonds is 7. The molecule has 0 unspecified atom stereocenters. The number of benzene rings is 3. The highest BCUT2D eigenvalue weighted by atomic mass is 32.2. The van der Waals surface area contributed by atoms with Crippen LogP contribution in [-0.2, 0) is 16.6 Å². The van der Waals surface area contributed by atoms with Crippen molar-refractivity contribution >= 4 is 26.7 Å². The number of carbonyl (C=O) groups excluding carboxylic acids is 1. The molecule has 0 saturated heterocycles. The number of methoxy groups -OCH3 is 1. The third-order valence-corrected chi connectivity index (χ3v) is 6.19. The predicted molar refractivity (Wildman–Crippen MR) is 114 cm³/mol. The average Bonchev–Trinajstić information content (AvgIpc) is 2.72. The van der Waals surface area contributed by atoms with Crippen LogP contribution in [0.2, 0.25) is 0 Å². The van der Waals surface area contributed by atoms with E-state index in [1.165, 1.54) is 24.3 Å². The smallest absolute Gasteiger partial charge is 0.253 e. The van der Waals surface area contributed by atoms with Crippen molar-refractivity contribution in [2.75, 3.05) is 20.7 Å². The molecule has 0 spiro atoms. The Kier molecular flexibility index (Phi) is 6.20. The van der Waals surface area contributed by atoms with Gasteiger partial charge in [-0.1, -0.05) is 25.1 Å². The molecule has 3 rings (SSSR count). The van der Waals surface area contributed by atoms with Crippen LogP contribution in [0.1, 0.15) is 22.8 Å².